The van der Waals surface area contributed by atoms with E-state index in [2.05, 4.69) is 11.3 Å². The molecule has 6 heteroatoms. The molecule has 0 aromatic heterocycles. The molecule has 5 nitrogen and oxygen atoms in total. The van der Waals surface area contributed by atoms with Crippen LogP contribution < -0.4 is 4.72 Å². The van der Waals surface area contributed by atoms with Crippen molar-refractivity contribution in [3.05, 3.63) is 43.0 Å². The minimum atomic E-state index is -3.51. The normalized spacial score (nSPS) is 11.0. The molecule has 0 saturated heterocycles. The quantitative estimate of drug-likeness (QED) is 0.759. The summed E-state index contributed by atoms with van der Waals surface area (Å²) in [6.07, 6.45) is 1.60. The SMILES string of the molecule is C=CCN(CCNS(=O)(=O)c1ccccc1)C(C)=O. The number of rotatable bonds is 7. The molecule has 104 valence electrons. The molecule has 1 N–H and O–H groups in total. The van der Waals surface area contributed by atoms with E-state index in [1.807, 2.05) is 0 Å². The first-order valence-corrected chi connectivity index (χ1v) is 7.37. The monoisotopic (exact) mass is 282 g/mol. The van der Waals surface area contributed by atoms with Gasteiger partial charge in [0.2, 0.25) is 15.9 Å². The van der Waals surface area contributed by atoms with Crippen molar-refractivity contribution in [2.75, 3.05) is 19.6 Å². The van der Waals surface area contributed by atoms with E-state index in [-0.39, 0.29) is 17.3 Å². The molecule has 0 bridgehead atoms. The van der Waals surface area contributed by atoms with Gasteiger partial charge in [-0.1, -0.05) is 24.3 Å². The van der Waals surface area contributed by atoms with Gasteiger partial charge in [0.05, 0.1) is 4.90 Å². The summed E-state index contributed by atoms with van der Waals surface area (Å²) < 4.78 is 26.3. The lowest BCUT2D eigenvalue weighted by Gasteiger charge is -2.19. The average molecular weight is 282 g/mol. The first-order valence-electron chi connectivity index (χ1n) is 5.88. The Labute approximate surface area is 114 Å². The highest BCUT2D eigenvalue weighted by molar-refractivity contribution is 7.89. The van der Waals surface area contributed by atoms with Crippen molar-refractivity contribution in [1.29, 1.82) is 0 Å². The van der Waals surface area contributed by atoms with E-state index in [9.17, 15) is 13.2 Å². The van der Waals surface area contributed by atoms with Gasteiger partial charge >= 0.3 is 0 Å². The molecule has 0 aliphatic carbocycles. The molecule has 0 fully saturated rings. The van der Waals surface area contributed by atoms with Crippen molar-refractivity contribution in [3.8, 4) is 0 Å². The third-order valence-electron chi connectivity index (χ3n) is 2.52. The fraction of sp³-hybridized carbons (Fsp3) is 0.308. The Balaban J connectivity index is 2.57. The topological polar surface area (TPSA) is 66.5 Å². The van der Waals surface area contributed by atoms with Gasteiger partial charge in [0.15, 0.2) is 0 Å². The molecule has 0 unspecified atom stereocenters. The summed E-state index contributed by atoms with van der Waals surface area (Å²) in [6, 6.07) is 8.12. The molecule has 19 heavy (non-hydrogen) atoms. The van der Waals surface area contributed by atoms with Crippen molar-refractivity contribution in [3.63, 3.8) is 0 Å². The second-order valence-corrected chi connectivity index (χ2v) is 5.73. The van der Waals surface area contributed by atoms with Crippen LogP contribution in [0, 0.1) is 0 Å². The molecule has 0 aliphatic heterocycles. The zero-order valence-electron chi connectivity index (χ0n) is 10.9. The molecule has 0 saturated carbocycles. The van der Waals surface area contributed by atoms with Crippen molar-refractivity contribution in [2.24, 2.45) is 0 Å². The standard InChI is InChI=1S/C13H18N2O3S/c1-3-10-15(12(2)16)11-9-14-19(17,18)13-7-5-4-6-8-13/h3-8,14H,1,9-11H2,2H3. The molecular formula is C13H18N2O3S. The molecule has 0 aliphatic rings. The van der Waals surface area contributed by atoms with Crippen molar-refractivity contribution < 1.29 is 13.2 Å². The van der Waals surface area contributed by atoms with Crippen LogP contribution in [0.3, 0.4) is 0 Å². The maximum Gasteiger partial charge on any atom is 0.240 e. The van der Waals surface area contributed by atoms with Gasteiger partial charge in [-0.3, -0.25) is 4.79 Å². The number of carbonyl (C=O) groups is 1. The second-order valence-electron chi connectivity index (χ2n) is 3.96. The van der Waals surface area contributed by atoms with Crippen molar-refractivity contribution in [2.45, 2.75) is 11.8 Å². The van der Waals surface area contributed by atoms with Gasteiger partial charge in [-0.05, 0) is 12.1 Å². The van der Waals surface area contributed by atoms with E-state index in [0.717, 1.165) is 0 Å². The number of nitrogens with one attached hydrogen (secondary N) is 1. The van der Waals surface area contributed by atoms with Crippen LogP contribution in [0.15, 0.2) is 47.9 Å². The first kappa shape index (κ1) is 15.4. The van der Waals surface area contributed by atoms with Crippen LogP contribution in [0.1, 0.15) is 6.92 Å². The summed E-state index contributed by atoms with van der Waals surface area (Å²) >= 11 is 0. The van der Waals surface area contributed by atoms with Crippen LogP contribution >= 0.6 is 0 Å². The largest absolute Gasteiger partial charge is 0.338 e. The summed E-state index contributed by atoms with van der Waals surface area (Å²) in [6.45, 7) is 5.88. The van der Waals surface area contributed by atoms with Crippen molar-refractivity contribution >= 4 is 15.9 Å². The van der Waals surface area contributed by atoms with Crippen LogP contribution in [0.4, 0.5) is 0 Å². The molecule has 0 spiro atoms. The van der Waals surface area contributed by atoms with Gasteiger partial charge in [-0.25, -0.2) is 13.1 Å². The minimum absolute atomic E-state index is 0.112. The Morgan fingerprint density at radius 3 is 2.53 bits per heavy atom. The predicted molar refractivity (Wildman–Crippen MR) is 74.1 cm³/mol. The summed E-state index contributed by atoms with van der Waals surface area (Å²) in [7, 11) is -3.51. The summed E-state index contributed by atoms with van der Waals surface area (Å²) in [5.41, 5.74) is 0. The fourth-order valence-electron chi connectivity index (χ4n) is 1.53. The van der Waals surface area contributed by atoms with Crippen LogP contribution in [-0.4, -0.2) is 38.9 Å². The molecule has 1 rings (SSSR count). The van der Waals surface area contributed by atoms with Crippen molar-refractivity contribution in [1.82, 2.24) is 9.62 Å². The third kappa shape index (κ3) is 4.84. The number of carbonyl (C=O) groups excluding carboxylic acids is 1. The highest BCUT2D eigenvalue weighted by Gasteiger charge is 2.13. The van der Waals surface area contributed by atoms with Crippen LogP contribution in [0.2, 0.25) is 0 Å². The highest BCUT2D eigenvalue weighted by atomic mass is 32.2. The van der Waals surface area contributed by atoms with Crippen LogP contribution in [0.5, 0.6) is 0 Å². The highest BCUT2D eigenvalue weighted by Crippen LogP contribution is 2.06. The summed E-state index contributed by atoms with van der Waals surface area (Å²) in [4.78, 5) is 13.0. The van der Waals surface area contributed by atoms with Crippen LogP contribution in [-0.2, 0) is 14.8 Å². The van der Waals surface area contributed by atoms with E-state index >= 15 is 0 Å². The molecule has 1 aromatic carbocycles. The first-order chi connectivity index (χ1) is 8.97. The lowest BCUT2D eigenvalue weighted by molar-refractivity contribution is -0.128. The lowest BCUT2D eigenvalue weighted by atomic mass is 10.4. The average Bonchev–Trinajstić information content (AvgIpc) is 2.38. The van der Waals surface area contributed by atoms with E-state index in [0.29, 0.717) is 13.1 Å². The minimum Gasteiger partial charge on any atom is -0.338 e. The Bertz CT molecular complexity index is 526. The van der Waals surface area contributed by atoms with Gasteiger partial charge in [-0.15, -0.1) is 6.58 Å². The Morgan fingerprint density at radius 2 is 2.00 bits per heavy atom. The maximum atomic E-state index is 11.9. The zero-order valence-corrected chi connectivity index (χ0v) is 11.7. The van der Waals surface area contributed by atoms with E-state index in [4.69, 9.17) is 0 Å². The number of sulfonamides is 1. The third-order valence-corrected chi connectivity index (χ3v) is 4.00. The van der Waals surface area contributed by atoms with Gasteiger partial charge in [0.1, 0.15) is 0 Å². The zero-order chi connectivity index (χ0) is 14.3. The molecule has 0 heterocycles. The predicted octanol–water partition coefficient (Wildman–Crippen LogP) is 0.999. The summed E-state index contributed by atoms with van der Waals surface area (Å²) in [5.74, 6) is -0.112. The Hall–Kier alpha value is -1.66. The fourth-order valence-corrected chi connectivity index (χ4v) is 2.57. The number of benzene rings is 1. The van der Waals surface area contributed by atoms with E-state index in [1.165, 1.54) is 24.0 Å². The number of hydrogen-bond acceptors (Lipinski definition) is 3. The molecule has 0 atom stereocenters. The lowest BCUT2D eigenvalue weighted by Crippen LogP contribution is -2.37. The van der Waals surface area contributed by atoms with E-state index < -0.39 is 10.0 Å². The molecule has 1 aromatic rings. The Morgan fingerprint density at radius 1 is 1.37 bits per heavy atom. The van der Waals surface area contributed by atoms with E-state index in [1.54, 1.807) is 24.3 Å². The maximum absolute atomic E-state index is 11.9. The smallest absolute Gasteiger partial charge is 0.240 e. The number of amides is 1. The van der Waals surface area contributed by atoms with Gasteiger partial charge in [0.25, 0.3) is 0 Å². The molecule has 0 radical (unpaired) electrons. The Kier molecular flexibility index (Phi) is 5.72. The van der Waals surface area contributed by atoms with Gasteiger partial charge < -0.3 is 4.90 Å². The molecule has 1 amide bonds. The van der Waals surface area contributed by atoms with Gasteiger partial charge in [0, 0.05) is 26.6 Å². The number of hydrogen-bond donors (Lipinski definition) is 1. The summed E-state index contributed by atoms with van der Waals surface area (Å²) in [5, 5.41) is 0. The second kappa shape index (κ2) is 7.06. The van der Waals surface area contributed by atoms with Crippen LogP contribution in [0.25, 0.3) is 0 Å². The van der Waals surface area contributed by atoms with Gasteiger partial charge in [-0.2, -0.15) is 0 Å². The number of nitrogens with zero attached hydrogens (tertiary/aromatic N) is 1. The molecular weight excluding hydrogens is 264 g/mol.